The third kappa shape index (κ3) is 3.05. The Bertz CT molecular complexity index is 500. The summed E-state index contributed by atoms with van der Waals surface area (Å²) in [6.45, 7) is 0.872. The molecule has 4 heteroatoms. The molecule has 2 fully saturated rings. The fourth-order valence-electron chi connectivity index (χ4n) is 3.87. The standard InChI is InChI=1S/C17H24N2O2/c18-15(11-12-5-7-14(20)8-6-12)17(21)19-10-9-13-3-1-2-4-16(13)19/h5-8,13,15-16,20H,1-4,9-11,18H2/t13?,15-,16?/m1/s1. The molecule has 0 bridgehead atoms. The van der Waals surface area contributed by atoms with Crippen LogP contribution in [0.5, 0.6) is 5.75 Å². The molecule has 1 aromatic rings. The number of aromatic hydroxyl groups is 1. The van der Waals surface area contributed by atoms with Gasteiger partial charge < -0.3 is 15.7 Å². The first-order valence-corrected chi connectivity index (χ1v) is 7.99. The molecule has 2 unspecified atom stereocenters. The summed E-state index contributed by atoms with van der Waals surface area (Å²) in [4.78, 5) is 14.7. The number of fused-ring (bicyclic) bond motifs is 1. The predicted molar refractivity (Wildman–Crippen MR) is 81.9 cm³/mol. The Morgan fingerprint density at radius 3 is 2.71 bits per heavy atom. The van der Waals surface area contributed by atoms with Gasteiger partial charge in [-0.25, -0.2) is 0 Å². The van der Waals surface area contributed by atoms with Crippen molar-refractivity contribution in [2.45, 2.75) is 50.6 Å². The van der Waals surface area contributed by atoms with Crippen LogP contribution in [0, 0.1) is 5.92 Å². The van der Waals surface area contributed by atoms with E-state index >= 15 is 0 Å². The quantitative estimate of drug-likeness (QED) is 0.894. The number of amides is 1. The molecule has 1 saturated heterocycles. The molecule has 1 aliphatic heterocycles. The summed E-state index contributed by atoms with van der Waals surface area (Å²) >= 11 is 0. The van der Waals surface area contributed by atoms with Gasteiger partial charge >= 0.3 is 0 Å². The van der Waals surface area contributed by atoms with Crippen molar-refractivity contribution in [1.29, 1.82) is 0 Å². The fraction of sp³-hybridized carbons (Fsp3) is 0.588. The van der Waals surface area contributed by atoms with Gasteiger partial charge in [-0.2, -0.15) is 0 Å². The Labute approximate surface area is 125 Å². The van der Waals surface area contributed by atoms with Crippen molar-refractivity contribution in [3.63, 3.8) is 0 Å². The van der Waals surface area contributed by atoms with Gasteiger partial charge in [-0.1, -0.05) is 25.0 Å². The van der Waals surface area contributed by atoms with Gasteiger partial charge in [0, 0.05) is 12.6 Å². The first-order valence-electron chi connectivity index (χ1n) is 7.99. The molecule has 2 aliphatic rings. The number of likely N-dealkylation sites (tertiary alicyclic amines) is 1. The van der Waals surface area contributed by atoms with E-state index in [1.54, 1.807) is 12.1 Å². The maximum atomic E-state index is 12.6. The summed E-state index contributed by atoms with van der Waals surface area (Å²) in [5.41, 5.74) is 7.13. The van der Waals surface area contributed by atoms with Crippen molar-refractivity contribution in [2.75, 3.05) is 6.54 Å². The highest BCUT2D eigenvalue weighted by atomic mass is 16.3. The lowest BCUT2D eigenvalue weighted by molar-refractivity contribution is -0.134. The molecule has 114 valence electrons. The molecule has 0 spiro atoms. The lowest BCUT2D eigenvalue weighted by atomic mass is 9.85. The fourth-order valence-corrected chi connectivity index (χ4v) is 3.87. The van der Waals surface area contributed by atoms with Crippen molar-refractivity contribution in [2.24, 2.45) is 11.7 Å². The minimum atomic E-state index is -0.477. The summed E-state index contributed by atoms with van der Waals surface area (Å²) in [7, 11) is 0. The molecule has 1 aromatic carbocycles. The van der Waals surface area contributed by atoms with Crippen molar-refractivity contribution >= 4 is 5.91 Å². The zero-order chi connectivity index (χ0) is 14.8. The second-order valence-electron chi connectivity index (χ2n) is 6.41. The SMILES string of the molecule is N[C@H](Cc1ccc(O)cc1)C(=O)N1CCC2CCCCC21. The maximum absolute atomic E-state index is 12.6. The van der Waals surface area contributed by atoms with Gasteiger partial charge in [0.05, 0.1) is 6.04 Å². The first-order chi connectivity index (χ1) is 10.1. The Kier molecular flexibility index (Phi) is 4.15. The minimum Gasteiger partial charge on any atom is -0.508 e. The number of nitrogens with zero attached hydrogens (tertiary/aromatic N) is 1. The highest BCUT2D eigenvalue weighted by molar-refractivity contribution is 5.82. The van der Waals surface area contributed by atoms with E-state index in [-0.39, 0.29) is 11.7 Å². The zero-order valence-corrected chi connectivity index (χ0v) is 12.4. The van der Waals surface area contributed by atoms with Crippen LogP contribution in [0.25, 0.3) is 0 Å². The largest absolute Gasteiger partial charge is 0.508 e. The van der Waals surface area contributed by atoms with Gasteiger partial charge in [0.2, 0.25) is 5.91 Å². The van der Waals surface area contributed by atoms with Crippen molar-refractivity contribution in [3.8, 4) is 5.75 Å². The molecule has 3 N–H and O–H groups in total. The van der Waals surface area contributed by atoms with E-state index in [0.717, 1.165) is 24.9 Å². The van der Waals surface area contributed by atoms with E-state index in [0.29, 0.717) is 18.4 Å². The van der Waals surface area contributed by atoms with E-state index in [9.17, 15) is 9.90 Å². The monoisotopic (exact) mass is 288 g/mol. The Morgan fingerprint density at radius 2 is 1.95 bits per heavy atom. The van der Waals surface area contributed by atoms with Crippen molar-refractivity contribution < 1.29 is 9.90 Å². The third-order valence-corrected chi connectivity index (χ3v) is 5.00. The molecular formula is C17H24N2O2. The summed E-state index contributed by atoms with van der Waals surface area (Å²) in [5.74, 6) is 1.03. The van der Waals surface area contributed by atoms with Crippen molar-refractivity contribution in [3.05, 3.63) is 29.8 Å². The van der Waals surface area contributed by atoms with Crippen LogP contribution in [0.4, 0.5) is 0 Å². The third-order valence-electron chi connectivity index (χ3n) is 5.00. The summed E-state index contributed by atoms with van der Waals surface area (Å²) in [6.07, 6.45) is 6.63. The molecule has 21 heavy (non-hydrogen) atoms. The van der Waals surface area contributed by atoms with Gasteiger partial charge in [-0.3, -0.25) is 4.79 Å². The normalized spacial score (nSPS) is 26.4. The minimum absolute atomic E-state index is 0.0949. The van der Waals surface area contributed by atoms with E-state index in [1.807, 2.05) is 17.0 Å². The number of carbonyl (C=O) groups is 1. The van der Waals surface area contributed by atoms with Crippen LogP contribution >= 0.6 is 0 Å². The molecule has 0 radical (unpaired) electrons. The lowest BCUT2D eigenvalue weighted by Gasteiger charge is -2.33. The highest BCUT2D eigenvalue weighted by Crippen LogP contribution is 2.36. The Hall–Kier alpha value is -1.55. The Morgan fingerprint density at radius 1 is 1.24 bits per heavy atom. The lowest BCUT2D eigenvalue weighted by Crippen LogP contribution is -2.48. The second-order valence-corrected chi connectivity index (χ2v) is 6.41. The molecule has 3 rings (SSSR count). The number of phenolic OH excluding ortho intramolecular Hbond substituents is 1. The van der Waals surface area contributed by atoms with E-state index < -0.39 is 6.04 Å². The number of carbonyl (C=O) groups excluding carboxylic acids is 1. The van der Waals surface area contributed by atoms with Crippen LogP contribution in [0.2, 0.25) is 0 Å². The highest BCUT2D eigenvalue weighted by Gasteiger charge is 2.39. The molecule has 1 saturated carbocycles. The van der Waals surface area contributed by atoms with Crippen LogP contribution < -0.4 is 5.73 Å². The summed E-state index contributed by atoms with van der Waals surface area (Å²) < 4.78 is 0. The molecule has 3 atom stereocenters. The number of benzene rings is 1. The molecular weight excluding hydrogens is 264 g/mol. The number of hydrogen-bond donors (Lipinski definition) is 2. The smallest absolute Gasteiger partial charge is 0.240 e. The Balaban J connectivity index is 1.63. The second kappa shape index (κ2) is 6.06. The van der Waals surface area contributed by atoms with Gasteiger partial charge in [0.25, 0.3) is 0 Å². The van der Waals surface area contributed by atoms with Gasteiger partial charge in [-0.05, 0) is 49.3 Å². The van der Waals surface area contributed by atoms with Crippen LogP contribution in [0.1, 0.15) is 37.7 Å². The first kappa shape index (κ1) is 14.4. The van der Waals surface area contributed by atoms with E-state index in [4.69, 9.17) is 5.73 Å². The summed E-state index contributed by atoms with van der Waals surface area (Å²) in [5, 5.41) is 9.30. The predicted octanol–water partition coefficient (Wildman–Crippen LogP) is 2.05. The molecule has 4 nitrogen and oxygen atoms in total. The average molecular weight is 288 g/mol. The van der Waals surface area contributed by atoms with Crippen molar-refractivity contribution in [1.82, 2.24) is 4.90 Å². The van der Waals surface area contributed by atoms with Gasteiger partial charge in [-0.15, -0.1) is 0 Å². The molecule has 1 heterocycles. The van der Waals surface area contributed by atoms with Gasteiger partial charge in [0.15, 0.2) is 0 Å². The van der Waals surface area contributed by atoms with Crippen LogP contribution in [-0.4, -0.2) is 34.5 Å². The van der Waals surface area contributed by atoms with E-state index in [1.165, 1.54) is 19.3 Å². The van der Waals surface area contributed by atoms with E-state index in [2.05, 4.69) is 0 Å². The summed E-state index contributed by atoms with van der Waals surface area (Å²) in [6, 6.07) is 6.89. The van der Waals surface area contributed by atoms with Crippen LogP contribution in [-0.2, 0) is 11.2 Å². The number of nitrogens with two attached hydrogens (primary N) is 1. The maximum Gasteiger partial charge on any atom is 0.240 e. The average Bonchev–Trinajstić information content (AvgIpc) is 2.92. The van der Waals surface area contributed by atoms with Crippen LogP contribution in [0.3, 0.4) is 0 Å². The van der Waals surface area contributed by atoms with Gasteiger partial charge in [0.1, 0.15) is 5.75 Å². The number of hydrogen-bond acceptors (Lipinski definition) is 3. The molecule has 0 aromatic heterocycles. The molecule has 1 aliphatic carbocycles. The topological polar surface area (TPSA) is 66.6 Å². The molecule has 1 amide bonds. The van der Waals surface area contributed by atoms with Crippen LogP contribution in [0.15, 0.2) is 24.3 Å². The number of rotatable bonds is 3. The number of phenols is 1. The zero-order valence-electron chi connectivity index (χ0n) is 12.4.